The van der Waals surface area contributed by atoms with Gasteiger partial charge in [-0.15, -0.1) is 0 Å². The summed E-state index contributed by atoms with van der Waals surface area (Å²) < 4.78 is 25.1. The van der Waals surface area contributed by atoms with Crippen molar-refractivity contribution in [1.82, 2.24) is 5.32 Å². The number of carbonyl (C=O) groups excluding carboxylic acids is 1. The van der Waals surface area contributed by atoms with E-state index in [1.54, 1.807) is 12.1 Å². The Balaban J connectivity index is 1.56. The molecule has 2 aliphatic rings. The van der Waals surface area contributed by atoms with Crippen molar-refractivity contribution < 1.29 is 18.7 Å². The first-order valence-corrected chi connectivity index (χ1v) is 8.57. The van der Waals surface area contributed by atoms with Gasteiger partial charge in [0.15, 0.2) is 5.79 Å². The summed E-state index contributed by atoms with van der Waals surface area (Å²) in [6.07, 6.45) is 3.95. The number of carbonyl (C=O) groups is 1. The molecule has 1 aliphatic carbocycles. The van der Waals surface area contributed by atoms with Crippen LogP contribution in [0.3, 0.4) is 0 Å². The van der Waals surface area contributed by atoms with Crippen molar-refractivity contribution in [1.29, 1.82) is 0 Å². The fourth-order valence-corrected chi connectivity index (χ4v) is 3.47. The number of nitrogens with one attached hydrogen (secondary N) is 1. The molecular weight excluding hydrogens is 311 g/mol. The Bertz CT molecular complexity index is 570. The SMILES string of the molecule is CC1CCC2(CC1)OC[C@@H](CN[C@H](C(N)=O)c1ccc(F)cc1)O2. The van der Waals surface area contributed by atoms with E-state index in [9.17, 15) is 9.18 Å². The Kier molecular flexibility index (Phi) is 5.18. The normalized spacial score (nSPS) is 31.2. The molecule has 3 rings (SSSR count). The third-order valence-corrected chi connectivity index (χ3v) is 4.99. The summed E-state index contributed by atoms with van der Waals surface area (Å²) in [6, 6.07) is 5.10. The van der Waals surface area contributed by atoms with Crippen LogP contribution in [-0.4, -0.2) is 30.9 Å². The Morgan fingerprint density at radius 3 is 2.67 bits per heavy atom. The maximum absolute atomic E-state index is 13.0. The van der Waals surface area contributed by atoms with Crippen molar-refractivity contribution >= 4 is 5.91 Å². The minimum atomic E-state index is -0.669. The molecule has 24 heavy (non-hydrogen) atoms. The number of benzene rings is 1. The van der Waals surface area contributed by atoms with Gasteiger partial charge in [-0.05, 0) is 36.5 Å². The molecule has 1 spiro atoms. The van der Waals surface area contributed by atoms with Gasteiger partial charge in [-0.2, -0.15) is 0 Å². The third kappa shape index (κ3) is 3.94. The predicted octanol–water partition coefficient (Wildman–Crippen LogP) is 2.26. The van der Waals surface area contributed by atoms with Gasteiger partial charge < -0.3 is 15.2 Å². The lowest BCUT2D eigenvalue weighted by atomic mass is 9.86. The van der Waals surface area contributed by atoms with Crippen molar-refractivity contribution in [3.05, 3.63) is 35.6 Å². The number of hydrogen-bond acceptors (Lipinski definition) is 4. The van der Waals surface area contributed by atoms with Crippen molar-refractivity contribution in [2.24, 2.45) is 11.7 Å². The van der Waals surface area contributed by atoms with Gasteiger partial charge in [0.1, 0.15) is 11.9 Å². The molecule has 0 bridgehead atoms. The van der Waals surface area contributed by atoms with E-state index in [2.05, 4.69) is 12.2 Å². The van der Waals surface area contributed by atoms with Gasteiger partial charge >= 0.3 is 0 Å². The first kappa shape index (κ1) is 17.3. The van der Waals surface area contributed by atoms with Crippen LogP contribution in [0, 0.1) is 11.7 Å². The number of ether oxygens (including phenoxy) is 2. The van der Waals surface area contributed by atoms with E-state index >= 15 is 0 Å². The fraction of sp³-hybridized carbons (Fsp3) is 0.611. The molecule has 6 heteroatoms. The highest BCUT2D eigenvalue weighted by molar-refractivity contribution is 5.81. The first-order valence-electron chi connectivity index (χ1n) is 8.57. The van der Waals surface area contributed by atoms with Gasteiger partial charge in [-0.25, -0.2) is 4.39 Å². The van der Waals surface area contributed by atoms with Crippen LogP contribution in [-0.2, 0) is 14.3 Å². The Hall–Kier alpha value is -1.50. The molecule has 0 radical (unpaired) electrons. The second-order valence-electron chi connectivity index (χ2n) is 6.94. The van der Waals surface area contributed by atoms with Gasteiger partial charge in [-0.3, -0.25) is 10.1 Å². The predicted molar refractivity (Wildman–Crippen MR) is 87.5 cm³/mol. The number of halogens is 1. The number of rotatable bonds is 5. The molecule has 132 valence electrons. The van der Waals surface area contributed by atoms with E-state index in [1.807, 2.05) is 0 Å². The molecular formula is C18H25FN2O3. The summed E-state index contributed by atoms with van der Waals surface area (Å²) in [4.78, 5) is 11.7. The average Bonchev–Trinajstić information content (AvgIpc) is 2.95. The summed E-state index contributed by atoms with van der Waals surface area (Å²) >= 11 is 0. The van der Waals surface area contributed by atoms with Gasteiger partial charge in [0.05, 0.1) is 12.7 Å². The van der Waals surface area contributed by atoms with Crippen molar-refractivity contribution in [3.8, 4) is 0 Å². The minimum absolute atomic E-state index is 0.110. The summed E-state index contributed by atoms with van der Waals surface area (Å²) in [6.45, 7) is 3.22. The smallest absolute Gasteiger partial charge is 0.239 e. The van der Waals surface area contributed by atoms with E-state index in [-0.39, 0.29) is 11.9 Å². The van der Waals surface area contributed by atoms with Crippen molar-refractivity contribution in [3.63, 3.8) is 0 Å². The van der Waals surface area contributed by atoms with Crippen LogP contribution in [0.2, 0.25) is 0 Å². The molecule has 2 atom stereocenters. The maximum atomic E-state index is 13.0. The zero-order valence-corrected chi connectivity index (χ0v) is 14.0. The van der Waals surface area contributed by atoms with E-state index in [4.69, 9.17) is 15.2 Å². The molecule has 1 aromatic rings. The van der Waals surface area contributed by atoms with E-state index in [0.29, 0.717) is 18.7 Å². The van der Waals surface area contributed by atoms with Crippen LogP contribution in [0.1, 0.15) is 44.2 Å². The van der Waals surface area contributed by atoms with Gasteiger partial charge in [-0.1, -0.05) is 19.1 Å². The fourth-order valence-electron chi connectivity index (χ4n) is 3.47. The summed E-state index contributed by atoms with van der Waals surface area (Å²) in [5.74, 6) is -0.570. The molecule has 3 N–H and O–H groups in total. The van der Waals surface area contributed by atoms with Gasteiger partial charge in [0.2, 0.25) is 5.91 Å². The van der Waals surface area contributed by atoms with Crippen LogP contribution < -0.4 is 11.1 Å². The Morgan fingerprint density at radius 1 is 1.38 bits per heavy atom. The highest BCUT2D eigenvalue weighted by Crippen LogP contribution is 2.39. The number of primary amides is 1. The highest BCUT2D eigenvalue weighted by Gasteiger charge is 2.43. The average molecular weight is 336 g/mol. The lowest BCUT2D eigenvalue weighted by Gasteiger charge is -2.34. The standard InChI is InChI=1S/C18H25FN2O3/c1-12-6-8-18(9-7-12)23-11-15(24-18)10-21-16(17(20)22)13-2-4-14(19)5-3-13/h2-5,12,15-16,21H,6-11H2,1H3,(H2,20,22)/t12?,15-,16+,18?/m1/s1. The first-order chi connectivity index (χ1) is 11.5. The van der Waals surface area contributed by atoms with E-state index < -0.39 is 17.7 Å². The maximum Gasteiger partial charge on any atom is 0.239 e. The third-order valence-electron chi connectivity index (χ3n) is 4.99. The molecule has 1 saturated heterocycles. The van der Waals surface area contributed by atoms with Crippen LogP contribution in [0.4, 0.5) is 4.39 Å². The van der Waals surface area contributed by atoms with Crippen molar-refractivity contribution in [2.45, 2.75) is 50.5 Å². The number of hydrogen-bond donors (Lipinski definition) is 2. The van der Waals surface area contributed by atoms with Crippen molar-refractivity contribution in [2.75, 3.05) is 13.2 Å². The lowest BCUT2D eigenvalue weighted by molar-refractivity contribution is -0.191. The zero-order valence-electron chi connectivity index (χ0n) is 14.0. The van der Waals surface area contributed by atoms with Crippen LogP contribution in [0.25, 0.3) is 0 Å². The highest BCUT2D eigenvalue weighted by atomic mass is 19.1. The van der Waals surface area contributed by atoms with E-state index in [0.717, 1.165) is 31.6 Å². The molecule has 1 saturated carbocycles. The largest absolute Gasteiger partial charge is 0.368 e. The number of nitrogens with two attached hydrogens (primary N) is 1. The Morgan fingerprint density at radius 2 is 2.04 bits per heavy atom. The zero-order chi connectivity index (χ0) is 17.2. The summed E-state index contributed by atoms with van der Waals surface area (Å²) in [5, 5.41) is 3.13. The molecule has 1 amide bonds. The topological polar surface area (TPSA) is 73.6 Å². The number of amides is 1. The van der Waals surface area contributed by atoms with Crippen LogP contribution in [0.15, 0.2) is 24.3 Å². The minimum Gasteiger partial charge on any atom is -0.368 e. The second kappa shape index (κ2) is 7.17. The molecule has 2 fully saturated rings. The lowest BCUT2D eigenvalue weighted by Crippen LogP contribution is -2.40. The quantitative estimate of drug-likeness (QED) is 0.865. The molecule has 5 nitrogen and oxygen atoms in total. The second-order valence-corrected chi connectivity index (χ2v) is 6.94. The van der Waals surface area contributed by atoms with Gasteiger partial charge in [0.25, 0.3) is 0 Å². The monoisotopic (exact) mass is 336 g/mol. The van der Waals surface area contributed by atoms with Crippen LogP contribution in [0.5, 0.6) is 0 Å². The summed E-state index contributed by atoms with van der Waals surface area (Å²) in [7, 11) is 0. The molecule has 1 aliphatic heterocycles. The molecule has 0 unspecified atom stereocenters. The Labute approximate surface area is 141 Å². The van der Waals surface area contributed by atoms with E-state index in [1.165, 1.54) is 12.1 Å². The van der Waals surface area contributed by atoms with Crippen LogP contribution >= 0.6 is 0 Å². The molecule has 0 aromatic heterocycles. The van der Waals surface area contributed by atoms with Gasteiger partial charge in [0, 0.05) is 19.4 Å². The molecule has 1 heterocycles. The summed E-state index contributed by atoms with van der Waals surface area (Å²) in [5.41, 5.74) is 6.12. The molecule has 1 aromatic carbocycles.